The second-order valence-electron chi connectivity index (χ2n) is 5.92. The summed E-state index contributed by atoms with van der Waals surface area (Å²) < 4.78 is 11.2. The molecule has 3 aromatic rings. The highest BCUT2D eigenvalue weighted by Crippen LogP contribution is 2.42. The van der Waals surface area contributed by atoms with Gasteiger partial charge < -0.3 is 14.5 Å². The molecule has 1 N–H and O–H groups in total. The number of thiophene rings is 1. The van der Waals surface area contributed by atoms with Crippen molar-refractivity contribution in [3.63, 3.8) is 0 Å². The summed E-state index contributed by atoms with van der Waals surface area (Å²) in [5.41, 5.74) is 2.57. The highest BCUT2D eigenvalue weighted by molar-refractivity contribution is 7.10. The number of benzene rings is 1. The van der Waals surface area contributed by atoms with Gasteiger partial charge in [0.2, 0.25) is 11.7 Å². The molecule has 124 valence electrons. The second-order valence-corrected chi connectivity index (χ2v) is 6.87. The van der Waals surface area contributed by atoms with Gasteiger partial charge in [0, 0.05) is 27.8 Å². The van der Waals surface area contributed by atoms with E-state index in [4.69, 9.17) is 14.4 Å². The van der Waals surface area contributed by atoms with Crippen LogP contribution in [-0.2, 0) is 15.1 Å². The van der Waals surface area contributed by atoms with Crippen LogP contribution in [0.3, 0.4) is 0 Å². The average molecular weight is 350 g/mol. The van der Waals surface area contributed by atoms with Crippen LogP contribution < -0.4 is 5.32 Å². The summed E-state index contributed by atoms with van der Waals surface area (Å²) in [6.07, 6.45) is 1.55. The van der Waals surface area contributed by atoms with E-state index in [9.17, 15) is 4.79 Å². The van der Waals surface area contributed by atoms with E-state index in [-0.39, 0.29) is 18.3 Å². The van der Waals surface area contributed by atoms with Gasteiger partial charge in [-0.1, -0.05) is 12.1 Å². The predicted octanol–water partition coefficient (Wildman–Crippen LogP) is 4.11. The normalized spacial score (nSPS) is 19.6. The Hall–Kier alpha value is -2.88. The second kappa shape index (κ2) is 5.88. The number of furan rings is 1. The summed E-state index contributed by atoms with van der Waals surface area (Å²) in [6, 6.07) is 13.4. The van der Waals surface area contributed by atoms with Crippen LogP contribution in [0.15, 0.2) is 52.5 Å². The Kier molecular flexibility index (Phi) is 3.68. The van der Waals surface area contributed by atoms with E-state index >= 15 is 0 Å². The van der Waals surface area contributed by atoms with Gasteiger partial charge in [0.1, 0.15) is 24.5 Å². The Morgan fingerprint density at radius 1 is 1.28 bits per heavy atom. The van der Waals surface area contributed by atoms with Crippen LogP contribution in [0.2, 0.25) is 0 Å². The summed E-state index contributed by atoms with van der Waals surface area (Å²) in [4.78, 5) is 13.0. The fraction of sp³-hybridized carbons (Fsp3) is 0.158. The van der Waals surface area contributed by atoms with Crippen molar-refractivity contribution in [2.45, 2.75) is 12.5 Å². The molecule has 5 nitrogen and oxygen atoms in total. The number of hydrogen-bond acceptors (Lipinski definition) is 5. The van der Waals surface area contributed by atoms with Crippen LogP contribution in [0.4, 0.5) is 5.69 Å². The van der Waals surface area contributed by atoms with Gasteiger partial charge in [-0.15, -0.1) is 11.3 Å². The Balaban J connectivity index is 1.89. The predicted molar refractivity (Wildman–Crippen MR) is 94.2 cm³/mol. The Morgan fingerprint density at radius 3 is 2.88 bits per heavy atom. The van der Waals surface area contributed by atoms with Gasteiger partial charge in [-0.2, -0.15) is 5.26 Å². The zero-order chi connectivity index (χ0) is 17.4. The van der Waals surface area contributed by atoms with E-state index in [1.54, 1.807) is 23.7 Å². The maximum atomic E-state index is 12.0. The highest BCUT2D eigenvalue weighted by atomic mass is 32.1. The summed E-state index contributed by atoms with van der Waals surface area (Å²) in [7, 11) is 0. The molecular weight excluding hydrogens is 336 g/mol. The van der Waals surface area contributed by atoms with Gasteiger partial charge in [0.05, 0.1) is 0 Å². The largest absolute Gasteiger partial charge is 0.453 e. The number of fused-ring (bicyclic) bond motifs is 1. The maximum absolute atomic E-state index is 12.0. The van der Waals surface area contributed by atoms with Gasteiger partial charge in [-0.3, -0.25) is 4.79 Å². The third kappa shape index (κ3) is 2.64. The molecule has 6 heteroatoms. The zero-order valence-corrected chi connectivity index (χ0v) is 14.2. The third-order valence-electron chi connectivity index (χ3n) is 4.33. The molecule has 4 rings (SSSR count). The molecule has 1 aliphatic heterocycles. The molecule has 0 fully saturated rings. The number of hydrogen-bond donors (Lipinski definition) is 1. The molecule has 0 bridgehead atoms. The highest BCUT2D eigenvalue weighted by Gasteiger charge is 2.37. The number of ether oxygens (including phenoxy) is 1. The Morgan fingerprint density at radius 2 is 2.16 bits per heavy atom. The van der Waals surface area contributed by atoms with E-state index in [1.165, 1.54) is 0 Å². The number of rotatable bonds is 2. The minimum absolute atomic E-state index is 0.0112. The molecule has 25 heavy (non-hydrogen) atoms. The number of carbonyl (C=O) groups excluding carboxylic acids is 1. The van der Waals surface area contributed by atoms with E-state index in [2.05, 4.69) is 5.32 Å². The standard InChI is InChI=1S/C19H14N2O3S/c1-19(17-3-2-6-25-17)15-8-12(13-7-14(9-20)23-10-13)4-5-16(15)21-18(22)11-24-19/h2-8,10H,11H2,1H3,(H,21,22). The SMILES string of the molecule is CC1(c2cccs2)OCC(=O)Nc2ccc(-c3coc(C#N)c3)cc21. The average Bonchev–Trinajstić information content (AvgIpc) is 3.30. The molecule has 3 heterocycles. The van der Waals surface area contributed by atoms with Gasteiger partial charge in [0.25, 0.3) is 0 Å². The molecule has 1 unspecified atom stereocenters. The minimum atomic E-state index is -0.736. The molecule has 1 amide bonds. The molecule has 1 atom stereocenters. The Labute approximate surface area is 148 Å². The summed E-state index contributed by atoms with van der Waals surface area (Å²) >= 11 is 1.59. The van der Waals surface area contributed by atoms with Crippen molar-refractivity contribution in [1.29, 1.82) is 5.26 Å². The van der Waals surface area contributed by atoms with Crippen molar-refractivity contribution in [1.82, 2.24) is 0 Å². The van der Waals surface area contributed by atoms with E-state index in [1.807, 2.05) is 48.7 Å². The lowest BCUT2D eigenvalue weighted by Crippen LogP contribution is -2.27. The van der Waals surface area contributed by atoms with Crippen LogP contribution in [0.1, 0.15) is 23.1 Å². The van der Waals surface area contributed by atoms with Gasteiger partial charge >= 0.3 is 0 Å². The molecule has 1 aromatic carbocycles. The first-order valence-electron chi connectivity index (χ1n) is 7.71. The molecule has 0 spiro atoms. The monoisotopic (exact) mass is 350 g/mol. The quantitative estimate of drug-likeness (QED) is 0.754. The molecule has 2 aromatic heterocycles. The summed E-state index contributed by atoms with van der Waals surface area (Å²) in [5, 5.41) is 13.8. The van der Waals surface area contributed by atoms with E-state index in [0.29, 0.717) is 0 Å². The molecule has 0 aliphatic carbocycles. The number of amides is 1. The fourth-order valence-electron chi connectivity index (χ4n) is 3.00. The number of carbonyl (C=O) groups is 1. The van der Waals surface area contributed by atoms with Crippen molar-refractivity contribution < 1.29 is 13.9 Å². The van der Waals surface area contributed by atoms with Crippen LogP contribution >= 0.6 is 11.3 Å². The Bertz CT molecular complexity index is 985. The molecular formula is C19H14N2O3S. The molecule has 0 saturated carbocycles. The molecule has 1 aliphatic rings. The van der Waals surface area contributed by atoms with E-state index in [0.717, 1.165) is 27.3 Å². The fourth-order valence-corrected chi connectivity index (χ4v) is 3.86. The molecule has 0 radical (unpaired) electrons. The van der Waals surface area contributed by atoms with Crippen molar-refractivity contribution in [2.75, 3.05) is 11.9 Å². The lowest BCUT2D eigenvalue weighted by molar-refractivity contribution is -0.124. The number of nitriles is 1. The number of nitrogens with one attached hydrogen (secondary N) is 1. The van der Waals surface area contributed by atoms with Crippen LogP contribution in [0.5, 0.6) is 0 Å². The lowest BCUT2D eigenvalue weighted by Gasteiger charge is -2.29. The van der Waals surface area contributed by atoms with Crippen molar-refractivity contribution >= 4 is 22.9 Å². The number of nitrogens with zero attached hydrogens (tertiary/aromatic N) is 1. The van der Waals surface area contributed by atoms with Crippen molar-refractivity contribution in [2.24, 2.45) is 0 Å². The van der Waals surface area contributed by atoms with Gasteiger partial charge in [-0.05, 0) is 36.1 Å². The summed E-state index contributed by atoms with van der Waals surface area (Å²) in [6.45, 7) is 1.96. The van der Waals surface area contributed by atoms with Crippen LogP contribution in [0, 0.1) is 11.3 Å². The summed E-state index contributed by atoms with van der Waals surface area (Å²) in [5.74, 6) is 0.0832. The van der Waals surface area contributed by atoms with Gasteiger partial charge in [0.15, 0.2) is 0 Å². The van der Waals surface area contributed by atoms with Gasteiger partial charge in [-0.25, -0.2) is 0 Å². The third-order valence-corrected chi connectivity index (χ3v) is 5.41. The smallest absolute Gasteiger partial charge is 0.250 e. The topological polar surface area (TPSA) is 75.3 Å². The molecule has 0 saturated heterocycles. The lowest BCUT2D eigenvalue weighted by atomic mass is 9.90. The number of anilines is 1. The zero-order valence-electron chi connectivity index (χ0n) is 13.4. The van der Waals surface area contributed by atoms with E-state index < -0.39 is 5.60 Å². The van der Waals surface area contributed by atoms with Crippen LogP contribution in [0.25, 0.3) is 11.1 Å². The van der Waals surface area contributed by atoms with Crippen LogP contribution in [-0.4, -0.2) is 12.5 Å². The first-order chi connectivity index (χ1) is 12.1. The van der Waals surface area contributed by atoms with Crippen molar-refractivity contribution in [3.05, 3.63) is 64.2 Å². The first-order valence-corrected chi connectivity index (χ1v) is 8.59. The first kappa shape index (κ1) is 15.6. The minimum Gasteiger partial charge on any atom is -0.453 e. The van der Waals surface area contributed by atoms with Crippen molar-refractivity contribution in [3.8, 4) is 17.2 Å². The maximum Gasteiger partial charge on any atom is 0.250 e.